The molecule has 3 heterocycles. The van der Waals surface area contributed by atoms with E-state index < -0.39 is 11.7 Å². The van der Waals surface area contributed by atoms with E-state index in [1.165, 1.54) is 31.1 Å². The quantitative estimate of drug-likeness (QED) is 0.716. The van der Waals surface area contributed by atoms with E-state index in [9.17, 15) is 13.2 Å². The molecular formula is C17H18F3N3S2. The van der Waals surface area contributed by atoms with Gasteiger partial charge in [-0.05, 0) is 43.0 Å². The smallest absolute Gasteiger partial charge is 0.302 e. The zero-order valence-corrected chi connectivity index (χ0v) is 15.1. The lowest BCUT2D eigenvalue weighted by atomic mass is 9.89. The van der Waals surface area contributed by atoms with Crippen LogP contribution in [0.3, 0.4) is 0 Å². The van der Waals surface area contributed by atoms with Gasteiger partial charge in [0.25, 0.3) is 0 Å². The molecule has 0 N–H and O–H groups in total. The van der Waals surface area contributed by atoms with Crippen LogP contribution in [0.2, 0.25) is 0 Å². The summed E-state index contributed by atoms with van der Waals surface area (Å²) in [5.41, 5.74) is 1.35. The van der Waals surface area contributed by atoms with Crippen molar-refractivity contribution in [3.63, 3.8) is 0 Å². The van der Waals surface area contributed by atoms with Gasteiger partial charge in [0.1, 0.15) is 5.03 Å². The highest BCUT2D eigenvalue weighted by atomic mass is 32.2. The fourth-order valence-corrected chi connectivity index (χ4v) is 5.51. The fourth-order valence-electron chi connectivity index (χ4n) is 3.78. The Kier molecular flexibility index (Phi) is 4.77. The van der Waals surface area contributed by atoms with Crippen LogP contribution in [-0.2, 0) is 11.9 Å². The summed E-state index contributed by atoms with van der Waals surface area (Å²) in [4.78, 5) is 2.50. The van der Waals surface area contributed by atoms with Gasteiger partial charge in [-0.15, -0.1) is 0 Å². The molecule has 2 fully saturated rings. The molecule has 2 aliphatic rings. The second-order valence-electron chi connectivity index (χ2n) is 6.71. The number of fused-ring (bicyclic) bond motifs is 2. The first-order valence-electron chi connectivity index (χ1n) is 8.34. The Morgan fingerprint density at radius 3 is 2.68 bits per heavy atom. The molecule has 3 atom stereocenters. The molecule has 8 heteroatoms. The lowest BCUT2D eigenvalue weighted by Gasteiger charge is -2.21. The van der Waals surface area contributed by atoms with E-state index in [1.807, 2.05) is 0 Å². The monoisotopic (exact) mass is 385 g/mol. The third-order valence-electron chi connectivity index (χ3n) is 5.06. The van der Waals surface area contributed by atoms with Crippen molar-refractivity contribution in [1.29, 1.82) is 0 Å². The van der Waals surface area contributed by atoms with E-state index >= 15 is 0 Å². The normalized spacial score (nSPS) is 26.1. The van der Waals surface area contributed by atoms with Gasteiger partial charge in [-0.2, -0.15) is 21.9 Å². The second kappa shape index (κ2) is 6.89. The van der Waals surface area contributed by atoms with Crippen molar-refractivity contribution < 1.29 is 13.2 Å². The summed E-state index contributed by atoms with van der Waals surface area (Å²) in [6.45, 7) is 3.40. The summed E-state index contributed by atoms with van der Waals surface area (Å²) in [7, 11) is 0. The highest BCUT2D eigenvalue weighted by Crippen LogP contribution is 2.41. The van der Waals surface area contributed by atoms with Gasteiger partial charge in [0, 0.05) is 24.8 Å². The molecule has 3 nitrogen and oxygen atoms in total. The molecule has 1 aromatic carbocycles. The number of hydrogen-bond acceptors (Lipinski definition) is 5. The van der Waals surface area contributed by atoms with Crippen LogP contribution in [0.5, 0.6) is 0 Å². The van der Waals surface area contributed by atoms with Crippen molar-refractivity contribution in [2.75, 3.05) is 19.6 Å². The molecule has 3 unspecified atom stereocenters. The molecule has 0 radical (unpaired) electrons. The van der Waals surface area contributed by atoms with Crippen molar-refractivity contribution in [3.05, 3.63) is 41.1 Å². The third kappa shape index (κ3) is 3.71. The van der Waals surface area contributed by atoms with Gasteiger partial charge in [-0.3, -0.25) is 0 Å². The van der Waals surface area contributed by atoms with Gasteiger partial charge in [0.15, 0.2) is 0 Å². The molecule has 0 aliphatic carbocycles. The van der Waals surface area contributed by atoms with E-state index in [0.717, 1.165) is 41.5 Å². The maximum absolute atomic E-state index is 12.6. The highest BCUT2D eigenvalue weighted by molar-refractivity contribution is 7.98. The zero-order valence-electron chi connectivity index (χ0n) is 13.5. The first-order chi connectivity index (χ1) is 12.0. The van der Waals surface area contributed by atoms with E-state index in [1.54, 1.807) is 23.9 Å². The second-order valence-corrected chi connectivity index (χ2v) is 8.20. The Bertz CT molecular complexity index is 729. The predicted octanol–water partition coefficient (Wildman–Crippen LogP) is 4.66. The molecule has 2 bridgehead atoms. The van der Waals surface area contributed by atoms with Gasteiger partial charge in [-0.25, -0.2) is 0 Å². The zero-order chi connectivity index (χ0) is 17.4. The molecule has 1 aromatic heterocycles. The van der Waals surface area contributed by atoms with Gasteiger partial charge in [-0.1, -0.05) is 23.9 Å². The maximum atomic E-state index is 12.6. The average Bonchev–Trinajstić information content (AvgIpc) is 3.16. The number of alkyl halides is 3. The molecule has 4 rings (SSSR count). The van der Waals surface area contributed by atoms with Crippen molar-refractivity contribution in [1.82, 2.24) is 13.6 Å². The van der Waals surface area contributed by atoms with E-state index in [0.29, 0.717) is 17.6 Å². The number of hydrogen-bond donors (Lipinski definition) is 0. The van der Waals surface area contributed by atoms with Crippen molar-refractivity contribution >= 4 is 23.5 Å². The molecule has 0 saturated carbocycles. The molecule has 134 valence electrons. The van der Waals surface area contributed by atoms with E-state index in [2.05, 4.69) is 13.6 Å². The SMILES string of the molecule is FC(F)(F)c1ccc(CSc2nsnc2C2CN3CCCC2C3)cc1. The molecule has 0 amide bonds. The van der Waals surface area contributed by atoms with Crippen LogP contribution in [0.25, 0.3) is 0 Å². The number of aromatic nitrogens is 2. The number of thioether (sulfide) groups is 1. The van der Waals surface area contributed by atoms with Gasteiger partial charge < -0.3 is 4.90 Å². The maximum Gasteiger partial charge on any atom is 0.416 e. The Morgan fingerprint density at radius 1 is 1.16 bits per heavy atom. The van der Waals surface area contributed by atoms with Crippen LogP contribution in [0.4, 0.5) is 13.2 Å². The molecule has 25 heavy (non-hydrogen) atoms. The number of nitrogens with zero attached hydrogens (tertiary/aromatic N) is 3. The summed E-state index contributed by atoms with van der Waals surface area (Å²) in [5, 5.41) is 0.948. The number of piperidine rings is 1. The first-order valence-corrected chi connectivity index (χ1v) is 10.1. The van der Waals surface area contributed by atoms with Gasteiger partial charge >= 0.3 is 6.18 Å². The Hall–Kier alpha value is -1.12. The molecular weight excluding hydrogens is 367 g/mol. The average molecular weight is 385 g/mol. The third-order valence-corrected chi connectivity index (χ3v) is 6.77. The largest absolute Gasteiger partial charge is 0.416 e. The summed E-state index contributed by atoms with van der Waals surface area (Å²) in [6.07, 6.45) is -1.78. The Balaban J connectivity index is 1.43. The van der Waals surface area contributed by atoms with Crippen molar-refractivity contribution in [2.45, 2.75) is 35.7 Å². The number of benzene rings is 1. The van der Waals surface area contributed by atoms with Crippen LogP contribution >= 0.6 is 23.5 Å². The molecule has 2 aromatic rings. The minimum Gasteiger partial charge on any atom is -0.302 e. The summed E-state index contributed by atoms with van der Waals surface area (Å²) in [5.74, 6) is 1.73. The molecule has 2 saturated heterocycles. The van der Waals surface area contributed by atoms with Crippen LogP contribution in [-0.4, -0.2) is 33.3 Å². The van der Waals surface area contributed by atoms with Gasteiger partial charge in [0.05, 0.1) is 23.0 Å². The lowest BCUT2D eigenvalue weighted by Crippen LogP contribution is -2.25. The van der Waals surface area contributed by atoms with E-state index in [4.69, 9.17) is 0 Å². The van der Waals surface area contributed by atoms with Crippen molar-refractivity contribution in [2.24, 2.45) is 5.92 Å². The highest BCUT2D eigenvalue weighted by Gasteiger charge is 2.39. The van der Waals surface area contributed by atoms with Crippen LogP contribution in [0.1, 0.15) is 35.6 Å². The number of rotatable bonds is 4. The summed E-state index contributed by atoms with van der Waals surface area (Å²) < 4.78 is 46.9. The molecule has 0 spiro atoms. The van der Waals surface area contributed by atoms with Gasteiger partial charge in [0.2, 0.25) is 0 Å². The minimum absolute atomic E-state index is 0.455. The van der Waals surface area contributed by atoms with E-state index in [-0.39, 0.29) is 0 Å². The summed E-state index contributed by atoms with van der Waals surface area (Å²) >= 11 is 2.82. The first kappa shape index (κ1) is 17.3. The lowest BCUT2D eigenvalue weighted by molar-refractivity contribution is -0.137. The number of halogens is 3. The van der Waals surface area contributed by atoms with Crippen LogP contribution in [0.15, 0.2) is 29.3 Å². The fraction of sp³-hybridized carbons (Fsp3) is 0.529. The standard InChI is InChI=1S/C17H18F3N3S2/c18-17(19,20)13-5-3-11(4-6-13)10-24-16-15(21-25-22-16)14-9-23-7-1-2-12(14)8-23/h3-6,12,14H,1-2,7-10H2. The molecule has 2 aliphatic heterocycles. The Morgan fingerprint density at radius 2 is 1.96 bits per heavy atom. The summed E-state index contributed by atoms with van der Waals surface area (Å²) in [6, 6.07) is 5.38. The van der Waals surface area contributed by atoms with Crippen LogP contribution < -0.4 is 0 Å². The van der Waals surface area contributed by atoms with Crippen molar-refractivity contribution in [3.8, 4) is 0 Å². The van der Waals surface area contributed by atoms with Crippen LogP contribution in [0, 0.1) is 5.92 Å². The predicted molar refractivity (Wildman–Crippen MR) is 92.8 cm³/mol. The Labute approximate surface area is 153 Å². The minimum atomic E-state index is -4.28. The topological polar surface area (TPSA) is 29.0 Å².